The normalized spacial score (nSPS) is 12.9. The number of allylic oxidation sites excluding steroid dienone is 1. The Morgan fingerprint density at radius 1 is 0.632 bits per heavy atom. The van der Waals surface area contributed by atoms with Gasteiger partial charge in [0.2, 0.25) is 5.95 Å². The summed E-state index contributed by atoms with van der Waals surface area (Å²) in [6, 6.07) is 33.5. The molecule has 0 saturated heterocycles. The fraction of sp³-hybridized carbons (Fsp3) is 0.0606. The van der Waals surface area contributed by atoms with Gasteiger partial charge in [0.15, 0.2) is 11.6 Å². The lowest BCUT2D eigenvalue weighted by molar-refractivity contribution is 0.955. The summed E-state index contributed by atoms with van der Waals surface area (Å²) >= 11 is 1.91. The number of hydrogen-bond donors (Lipinski definition) is 0. The molecule has 4 aromatic carbocycles. The van der Waals surface area contributed by atoms with E-state index in [0.717, 1.165) is 29.5 Å². The lowest BCUT2D eigenvalue weighted by atomic mass is 10.0. The molecule has 180 valence electrons. The van der Waals surface area contributed by atoms with Crippen LogP contribution >= 0.6 is 11.3 Å². The summed E-state index contributed by atoms with van der Waals surface area (Å²) in [5.74, 6) is 1.97. The molecule has 38 heavy (non-hydrogen) atoms. The number of nitrogens with zero attached hydrogens (tertiary/aromatic N) is 4. The Kier molecular flexibility index (Phi) is 4.79. The Hall–Kier alpha value is -4.61. The van der Waals surface area contributed by atoms with Gasteiger partial charge >= 0.3 is 0 Å². The standard InChI is InChI=1S/C33H22N4S/c1-3-11-21(12-4-1)31-34-32(22-13-5-2-6-14-22)36-33(35-31)37-27-17-9-7-15-23(27)25-19-20-26-24-16-8-10-18-28(24)38-30(26)29(25)37/h1-9,11-17,19-20H,10,18H2. The van der Waals surface area contributed by atoms with Crippen LogP contribution in [-0.4, -0.2) is 19.5 Å². The van der Waals surface area contributed by atoms with Crippen LogP contribution in [0.25, 0.3) is 66.7 Å². The fourth-order valence-electron chi connectivity index (χ4n) is 5.56. The van der Waals surface area contributed by atoms with Crippen molar-refractivity contribution in [2.45, 2.75) is 12.8 Å². The SMILES string of the molecule is C1=Cc2c(sc3c2ccc2c4ccccc4n(-c4nc(-c5ccccc5)nc(-c5ccccc5)n4)c23)CC1. The zero-order chi connectivity index (χ0) is 25.1. The highest BCUT2D eigenvalue weighted by Crippen LogP contribution is 2.43. The molecule has 8 rings (SSSR count). The van der Waals surface area contributed by atoms with E-state index >= 15 is 0 Å². The van der Waals surface area contributed by atoms with Crippen LogP contribution in [0.2, 0.25) is 0 Å². The van der Waals surface area contributed by atoms with Crippen molar-refractivity contribution in [2.24, 2.45) is 0 Å². The van der Waals surface area contributed by atoms with E-state index in [-0.39, 0.29) is 0 Å². The van der Waals surface area contributed by atoms with Crippen LogP contribution in [0.3, 0.4) is 0 Å². The molecule has 0 aliphatic heterocycles. The van der Waals surface area contributed by atoms with E-state index in [1.165, 1.54) is 36.8 Å². The molecule has 0 unspecified atom stereocenters. The molecule has 0 spiro atoms. The van der Waals surface area contributed by atoms with Crippen LogP contribution in [0.1, 0.15) is 16.9 Å². The van der Waals surface area contributed by atoms with Gasteiger partial charge < -0.3 is 0 Å². The summed E-state index contributed by atoms with van der Waals surface area (Å²) in [4.78, 5) is 16.6. The van der Waals surface area contributed by atoms with Crippen LogP contribution in [0.5, 0.6) is 0 Å². The van der Waals surface area contributed by atoms with Gasteiger partial charge in [0.25, 0.3) is 0 Å². The molecule has 0 saturated carbocycles. The highest BCUT2D eigenvalue weighted by Gasteiger charge is 2.22. The van der Waals surface area contributed by atoms with Crippen molar-refractivity contribution in [1.82, 2.24) is 19.5 Å². The first-order valence-electron chi connectivity index (χ1n) is 12.9. The highest BCUT2D eigenvalue weighted by atomic mass is 32.1. The summed E-state index contributed by atoms with van der Waals surface area (Å²) in [5.41, 5.74) is 5.56. The van der Waals surface area contributed by atoms with Crippen LogP contribution in [0, 0.1) is 0 Å². The van der Waals surface area contributed by atoms with Crippen LogP contribution in [-0.2, 0) is 6.42 Å². The lowest BCUT2D eigenvalue weighted by Crippen LogP contribution is -2.06. The fourth-order valence-corrected chi connectivity index (χ4v) is 6.90. The summed E-state index contributed by atoms with van der Waals surface area (Å²) < 4.78 is 3.54. The number of aryl methyl sites for hydroxylation is 1. The van der Waals surface area contributed by atoms with Crippen molar-refractivity contribution in [3.05, 3.63) is 114 Å². The second kappa shape index (κ2) is 8.47. The summed E-state index contributed by atoms with van der Waals surface area (Å²) in [7, 11) is 0. The Bertz CT molecular complexity index is 1960. The average molecular weight is 507 g/mol. The van der Waals surface area contributed by atoms with Crippen molar-refractivity contribution in [3.8, 4) is 28.7 Å². The molecule has 1 aliphatic carbocycles. The minimum absolute atomic E-state index is 0.637. The van der Waals surface area contributed by atoms with Gasteiger partial charge in [-0.1, -0.05) is 103 Å². The maximum absolute atomic E-state index is 5.09. The topological polar surface area (TPSA) is 43.6 Å². The number of benzene rings is 4. The number of aromatic nitrogens is 4. The third-order valence-corrected chi connectivity index (χ3v) is 8.60. The van der Waals surface area contributed by atoms with Gasteiger partial charge in [-0.05, 0) is 24.5 Å². The van der Waals surface area contributed by atoms with Gasteiger partial charge in [0.05, 0.1) is 15.7 Å². The molecule has 4 nitrogen and oxygen atoms in total. The molecule has 7 aromatic rings. The number of rotatable bonds is 3. The molecule has 0 radical (unpaired) electrons. The third kappa shape index (κ3) is 3.25. The second-order valence-electron chi connectivity index (χ2n) is 9.59. The van der Waals surface area contributed by atoms with Crippen molar-refractivity contribution in [2.75, 3.05) is 0 Å². The molecule has 0 amide bonds. The van der Waals surface area contributed by atoms with Crippen molar-refractivity contribution in [3.63, 3.8) is 0 Å². The van der Waals surface area contributed by atoms with E-state index in [4.69, 9.17) is 15.0 Å². The second-order valence-corrected chi connectivity index (χ2v) is 10.7. The Balaban J connectivity index is 1.50. The van der Waals surface area contributed by atoms with Gasteiger partial charge in [-0.25, -0.2) is 4.98 Å². The minimum atomic E-state index is 0.637. The van der Waals surface area contributed by atoms with Gasteiger partial charge in [-0.3, -0.25) is 4.57 Å². The first kappa shape index (κ1) is 21.5. The first-order chi connectivity index (χ1) is 18.8. The molecule has 0 atom stereocenters. The number of para-hydroxylation sites is 1. The predicted molar refractivity (Wildman–Crippen MR) is 158 cm³/mol. The van der Waals surface area contributed by atoms with Gasteiger partial charge in [-0.15, -0.1) is 11.3 Å². The number of hydrogen-bond acceptors (Lipinski definition) is 4. The summed E-state index contributed by atoms with van der Waals surface area (Å²) in [6.45, 7) is 0. The van der Waals surface area contributed by atoms with Gasteiger partial charge in [0.1, 0.15) is 0 Å². The summed E-state index contributed by atoms with van der Waals surface area (Å²) in [5, 5.41) is 3.73. The van der Waals surface area contributed by atoms with E-state index < -0.39 is 0 Å². The summed E-state index contributed by atoms with van der Waals surface area (Å²) in [6.07, 6.45) is 6.77. The molecule has 3 heterocycles. The largest absolute Gasteiger partial charge is 0.276 e. The van der Waals surface area contributed by atoms with Crippen LogP contribution in [0.15, 0.2) is 103 Å². The maximum atomic E-state index is 5.09. The van der Waals surface area contributed by atoms with Gasteiger partial charge in [-0.2, -0.15) is 9.97 Å². The van der Waals surface area contributed by atoms with E-state index in [0.29, 0.717) is 17.6 Å². The Morgan fingerprint density at radius 3 is 2.03 bits per heavy atom. The quantitative estimate of drug-likeness (QED) is 0.241. The van der Waals surface area contributed by atoms with E-state index in [1.54, 1.807) is 0 Å². The van der Waals surface area contributed by atoms with Crippen molar-refractivity contribution < 1.29 is 0 Å². The zero-order valence-corrected chi connectivity index (χ0v) is 21.3. The predicted octanol–water partition coefficient (Wildman–Crippen LogP) is 8.48. The molecule has 0 fully saturated rings. The lowest BCUT2D eigenvalue weighted by Gasteiger charge is -2.11. The Labute approximate surface area is 223 Å². The molecular weight excluding hydrogens is 484 g/mol. The Morgan fingerprint density at radius 2 is 1.29 bits per heavy atom. The highest BCUT2D eigenvalue weighted by molar-refractivity contribution is 7.20. The maximum Gasteiger partial charge on any atom is 0.238 e. The molecule has 5 heteroatoms. The smallest absolute Gasteiger partial charge is 0.238 e. The molecule has 0 bridgehead atoms. The zero-order valence-electron chi connectivity index (χ0n) is 20.5. The van der Waals surface area contributed by atoms with E-state index in [1.807, 2.05) is 47.7 Å². The molecular formula is C33H22N4S. The molecule has 0 N–H and O–H groups in total. The monoisotopic (exact) mass is 506 g/mol. The van der Waals surface area contributed by atoms with Crippen molar-refractivity contribution >= 4 is 49.3 Å². The first-order valence-corrected chi connectivity index (χ1v) is 13.7. The molecule has 3 aromatic heterocycles. The minimum Gasteiger partial charge on any atom is -0.276 e. The van der Waals surface area contributed by atoms with Crippen LogP contribution < -0.4 is 0 Å². The van der Waals surface area contributed by atoms with Crippen molar-refractivity contribution in [1.29, 1.82) is 0 Å². The van der Waals surface area contributed by atoms with E-state index in [9.17, 15) is 0 Å². The van der Waals surface area contributed by atoms with Crippen LogP contribution in [0.4, 0.5) is 0 Å². The number of thiophene rings is 1. The third-order valence-electron chi connectivity index (χ3n) is 7.32. The average Bonchev–Trinajstić information content (AvgIpc) is 3.54. The molecule has 1 aliphatic rings. The van der Waals surface area contributed by atoms with E-state index in [2.05, 4.69) is 77.4 Å². The van der Waals surface area contributed by atoms with Gasteiger partial charge in [0, 0.05) is 32.2 Å². The number of fused-ring (bicyclic) bond motifs is 7.